The fraction of sp³-hybridized carbons (Fsp3) is 0.533. The number of hydrogen-bond donors (Lipinski definition) is 2. The van der Waals surface area contributed by atoms with Gasteiger partial charge in [0.2, 0.25) is 0 Å². The van der Waals surface area contributed by atoms with Crippen LogP contribution in [-0.2, 0) is 4.74 Å². The summed E-state index contributed by atoms with van der Waals surface area (Å²) < 4.78 is 5.24. The number of carbonyl (C=O) groups excluding carboxylic acids is 1. The number of ether oxygens (including phenoxy) is 1. The third-order valence-corrected chi connectivity index (χ3v) is 2.74. The largest absolute Gasteiger partial charge is 0.385 e. The van der Waals surface area contributed by atoms with E-state index in [1.807, 2.05) is 39.0 Å². The lowest BCUT2D eigenvalue weighted by Crippen LogP contribution is -2.26. The lowest BCUT2D eigenvalue weighted by Gasteiger charge is -2.12. The molecule has 0 heterocycles. The van der Waals surface area contributed by atoms with Crippen LogP contribution in [0.2, 0.25) is 0 Å². The van der Waals surface area contributed by atoms with Gasteiger partial charge in [-0.3, -0.25) is 4.79 Å². The van der Waals surface area contributed by atoms with Crippen LogP contribution >= 0.6 is 0 Å². The molecule has 1 amide bonds. The summed E-state index contributed by atoms with van der Waals surface area (Å²) >= 11 is 0. The third-order valence-electron chi connectivity index (χ3n) is 2.74. The van der Waals surface area contributed by atoms with Crippen LogP contribution in [0.25, 0.3) is 0 Å². The van der Waals surface area contributed by atoms with E-state index < -0.39 is 0 Å². The molecule has 4 nitrogen and oxygen atoms in total. The van der Waals surface area contributed by atoms with Crippen LogP contribution in [0.5, 0.6) is 0 Å². The van der Waals surface area contributed by atoms with Crippen LogP contribution < -0.4 is 10.6 Å². The molecule has 106 valence electrons. The molecule has 0 aliphatic carbocycles. The highest BCUT2D eigenvalue weighted by Crippen LogP contribution is 2.17. The van der Waals surface area contributed by atoms with E-state index in [1.54, 1.807) is 0 Å². The van der Waals surface area contributed by atoms with Gasteiger partial charge in [-0.1, -0.05) is 6.07 Å². The summed E-state index contributed by atoms with van der Waals surface area (Å²) in [5, 5.41) is 6.14. The Hall–Kier alpha value is -1.55. The number of nitrogens with one attached hydrogen (secondary N) is 2. The van der Waals surface area contributed by atoms with E-state index in [2.05, 4.69) is 10.6 Å². The molecule has 0 saturated heterocycles. The van der Waals surface area contributed by atoms with Crippen molar-refractivity contribution in [2.45, 2.75) is 27.2 Å². The first-order valence-corrected chi connectivity index (χ1v) is 6.89. The summed E-state index contributed by atoms with van der Waals surface area (Å²) in [6.45, 7) is 8.85. The van der Waals surface area contributed by atoms with Crippen molar-refractivity contribution in [1.82, 2.24) is 5.32 Å². The van der Waals surface area contributed by atoms with Crippen LogP contribution in [0, 0.1) is 6.92 Å². The van der Waals surface area contributed by atoms with E-state index in [-0.39, 0.29) is 5.91 Å². The maximum atomic E-state index is 12.1. The molecule has 1 aromatic carbocycles. The normalized spacial score (nSPS) is 10.3. The zero-order valence-corrected chi connectivity index (χ0v) is 12.1. The molecule has 0 spiro atoms. The number of rotatable bonds is 8. The fourth-order valence-electron chi connectivity index (χ4n) is 1.81. The van der Waals surface area contributed by atoms with Crippen molar-refractivity contribution < 1.29 is 9.53 Å². The second kappa shape index (κ2) is 8.53. The minimum Gasteiger partial charge on any atom is -0.385 e. The summed E-state index contributed by atoms with van der Waals surface area (Å²) in [7, 11) is 0. The highest BCUT2D eigenvalue weighted by Gasteiger charge is 2.10. The van der Waals surface area contributed by atoms with Crippen molar-refractivity contribution in [3.63, 3.8) is 0 Å². The van der Waals surface area contributed by atoms with Crippen LogP contribution in [0.15, 0.2) is 18.2 Å². The van der Waals surface area contributed by atoms with Gasteiger partial charge in [0.05, 0.1) is 5.56 Å². The summed E-state index contributed by atoms with van der Waals surface area (Å²) in [6, 6.07) is 5.82. The summed E-state index contributed by atoms with van der Waals surface area (Å²) in [5.41, 5.74) is 2.73. The van der Waals surface area contributed by atoms with E-state index >= 15 is 0 Å². The van der Waals surface area contributed by atoms with Crippen LogP contribution in [0.3, 0.4) is 0 Å². The molecule has 0 unspecified atom stereocenters. The quantitative estimate of drug-likeness (QED) is 0.710. The molecule has 0 bridgehead atoms. The number of carbonyl (C=O) groups is 1. The zero-order chi connectivity index (χ0) is 14.1. The van der Waals surface area contributed by atoms with Crippen molar-refractivity contribution >= 4 is 11.6 Å². The Morgan fingerprint density at radius 2 is 2.11 bits per heavy atom. The molecule has 4 heteroatoms. The average molecular weight is 264 g/mol. The number of hydrogen-bond acceptors (Lipinski definition) is 3. The average Bonchev–Trinajstić information content (AvgIpc) is 2.39. The Balaban J connectivity index is 2.55. The number of anilines is 1. The van der Waals surface area contributed by atoms with Crippen molar-refractivity contribution in [1.29, 1.82) is 0 Å². The van der Waals surface area contributed by atoms with E-state index in [4.69, 9.17) is 4.74 Å². The topological polar surface area (TPSA) is 50.4 Å². The van der Waals surface area contributed by atoms with Gasteiger partial charge in [-0.15, -0.1) is 0 Å². The first-order valence-electron chi connectivity index (χ1n) is 6.89. The Labute approximate surface area is 115 Å². The lowest BCUT2D eigenvalue weighted by atomic mass is 10.1. The van der Waals surface area contributed by atoms with E-state index in [1.165, 1.54) is 0 Å². The first-order chi connectivity index (χ1) is 9.19. The molecule has 0 aliphatic heterocycles. The maximum absolute atomic E-state index is 12.1. The van der Waals surface area contributed by atoms with Gasteiger partial charge in [-0.2, -0.15) is 0 Å². The van der Waals surface area contributed by atoms with Gasteiger partial charge in [0.25, 0.3) is 5.91 Å². The summed E-state index contributed by atoms with van der Waals surface area (Å²) in [5.74, 6) is -0.0348. The van der Waals surface area contributed by atoms with Gasteiger partial charge >= 0.3 is 0 Å². The van der Waals surface area contributed by atoms with Crippen molar-refractivity contribution in [3.8, 4) is 0 Å². The molecule has 19 heavy (non-hydrogen) atoms. The number of aryl methyl sites for hydroxylation is 1. The molecule has 0 atom stereocenters. The van der Waals surface area contributed by atoms with Crippen molar-refractivity contribution in [3.05, 3.63) is 29.3 Å². The van der Waals surface area contributed by atoms with E-state index in [0.29, 0.717) is 18.7 Å². The second-order valence-electron chi connectivity index (χ2n) is 4.39. The third kappa shape index (κ3) is 5.30. The predicted molar refractivity (Wildman–Crippen MR) is 78.8 cm³/mol. The van der Waals surface area contributed by atoms with E-state index in [0.717, 1.165) is 30.8 Å². The molecule has 0 saturated carbocycles. The van der Waals surface area contributed by atoms with Crippen molar-refractivity contribution in [2.75, 3.05) is 31.6 Å². The molecule has 0 fully saturated rings. The molecule has 0 aliphatic rings. The van der Waals surface area contributed by atoms with Crippen LogP contribution in [0.1, 0.15) is 36.2 Å². The van der Waals surface area contributed by atoms with Gasteiger partial charge in [-0.25, -0.2) is 0 Å². The lowest BCUT2D eigenvalue weighted by molar-refractivity contribution is 0.0945. The molecule has 2 N–H and O–H groups in total. The van der Waals surface area contributed by atoms with E-state index in [9.17, 15) is 4.79 Å². The molecule has 1 rings (SSSR count). The maximum Gasteiger partial charge on any atom is 0.253 e. The first kappa shape index (κ1) is 15.5. The van der Waals surface area contributed by atoms with Gasteiger partial charge in [0.1, 0.15) is 0 Å². The zero-order valence-electron chi connectivity index (χ0n) is 12.1. The minimum atomic E-state index is -0.0348. The van der Waals surface area contributed by atoms with Gasteiger partial charge in [-0.05, 0) is 44.9 Å². The van der Waals surface area contributed by atoms with Gasteiger partial charge < -0.3 is 15.4 Å². The molecular formula is C15H24N2O2. The number of amides is 1. The molecular weight excluding hydrogens is 240 g/mol. The second-order valence-corrected chi connectivity index (χ2v) is 4.39. The fourth-order valence-corrected chi connectivity index (χ4v) is 1.81. The Bertz CT molecular complexity index is 405. The minimum absolute atomic E-state index is 0.0348. The monoisotopic (exact) mass is 264 g/mol. The SMILES string of the molecule is CCNc1cc(C)ccc1C(=O)NCCCOCC. The highest BCUT2D eigenvalue weighted by atomic mass is 16.5. The predicted octanol–water partition coefficient (Wildman–Crippen LogP) is 2.58. The van der Waals surface area contributed by atoms with Crippen LogP contribution in [-0.4, -0.2) is 32.2 Å². The molecule has 0 aromatic heterocycles. The van der Waals surface area contributed by atoms with Gasteiger partial charge in [0.15, 0.2) is 0 Å². The Morgan fingerprint density at radius 1 is 1.32 bits per heavy atom. The van der Waals surface area contributed by atoms with Crippen LogP contribution in [0.4, 0.5) is 5.69 Å². The highest BCUT2D eigenvalue weighted by molar-refractivity contribution is 5.99. The molecule has 1 aromatic rings. The smallest absolute Gasteiger partial charge is 0.253 e. The summed E-state index contributed by atoms with van der Waals surface area (Å²) in [4.78, 5) is 12.1. The molecule has 0 radical (unpaired) electrons. The Morgan fingerprint density at radius 3 is 2.79 bits per heavy atom. The van der Waals surface area contributed by atoms with Gasteiger partial charge in [0, 0.05) is 32.0 Å². The Kier molecular flexibility index (Phi) is 6.97. The van der Waals surface area contributed by atoms with Crippen molar-refractivity contribution in [2.24, 2.45) is 0 Å². The summed E-state index contributed by atoms with van der Waals surface area (Å²) in [6.07, 6.45) is 0.835. The standard InChI is InChI=1S/C15H24N2O2/c1-4-16-14-11-12(3)7-8-13(14)15(18)17-9-6-10-19-5-2/h7-8,11,16H,4-6,9-10H2,1-3H3,(H,17,18). The number of benzene rings is 1.